The molecule has 10 nitrogen and oxygen atoms in total. The fourth-order valence-corrected chi connectivity index (χ4v) is 3.79. The predicted molar refractivity (Wildman–Crippen MR) is 122 cm³/mol. The van der Waals surface area contributed by atoms with Crippen molar-refractivity contribution in [2.45, 2.75) is 0 Å². The van der Waals surface area contributed by atoms with Gasteiger partial charge in [-0.15, -0.1) is 0 Å². The normalized spacial score (nSPS) is 11.7. The van der Waals surface area contributed by atoms with Crippen LogP contribution >= 0.6 is 0 Å². The molecular formula is C24H14F2O10. The molecule has 0 bridgehead atoms. The van der Waals surface area contributed by atoms with Gasteiger partial charge >= 0.3 is 24.6 Å². The van der Waals surface area contributed by atoms with Gasteiger partial charge in [0.1, 0.15) is 0 Å². The van der Waals surface area contributed by atoms with Gasteiger partial charge in [-0.1, -0.05) is 54.6 Å². The van der Waals surface area contributed by atoms with Crippen molar-refractivity contribution in [3.8, 4) is 0 Å². The van der Waals surface area contributed by atoms with Gasteiger partial charge in [0.15, 0.2) is 11.6 Å². The molecule has 0 amide bonds. The Hall–Kier alpha value is -5.26. The van der Waals surface area contributed by atoms with Crippen LogP contribution in [0.5, 0.6) is 0 Å². The fraction of sp³-hybridized carbons (Fsp3) is 0. The Morgan fingerprint density at radius 2 is 1.03 bits per heavy atom. The molecule has 1 heterocycles. The van der Waals surface area contributed by atoms with Gasteiger partial charge in [0.25, 0.3) is 0 Å². The van der Waals surface area contributed by atoms with E-state index in [9.17, 15) is 18.4 Å². The lowest BCUT2D eigenvalue weighted by molar-refractivity contribution is 0.00673. The van der Waals surface area contributed by atoms with Gasteiger partial charge in [0, 0.05) is 10.8 Å². The zero-order valence-electron chi connectivity index (χ0n) is 17.8. The molecule has 0 aromatic heterocycles. The fourth-order valence-electron chi connectivity index (χ4n) is 3.79. The molecule has 1 fully saturated rings. The number of carbonyl (C=O) groups is 4. The van der Waals surface area contributed by atoms with Gasteiger partial charge in [-0.05, 0) is 38.4 Å². The third-order valence-electron chi connectivity index (χ3n) is 4.86. The Bertz CT molecular complexity index is 1580. The summed E-state index contributed by atoms with van der Waals surface area (Å²) in [4.78, 5) is 36.0. The number of hydrogen-bond acceptors (Lipinski definition) is 6. The molecule has 184 valence electrons. The molecular weight excluding hydrogens is 486 g/mol. The number of benzene rings is 5. The summed E-state index contributed by atoms with van der Waals surface area (Å²) in [6.45, 7) is 0. The summed E-state index contributed by atoms with van der Waals surface area (Å²) in [7, 11) is 0. The maximum Gasteiger partial charge on any atom is 0.528 e. The smallest absolute Gasteiger partial charge is 0.450 e. The van der Waals surface area contributed by atoms with Crippen molar-refractivity contribution in [1.29, 1.82) is 0 Å². The van der Waals surface area contributed by atoms with Crippen molar-refractivity contribution in [3.05, 3.63) is 72.3 Å². The van der Waals surface area contributed by atoms with Crippen molar-refractivity contribution >= 4 is 67.7 Å². The van der Waals surface area contributed by atoms with Crippen LogP contribution in [-0.4, -0.2) is 45.0 Å². The molecule has 6 rings (SSSR count). The van der Waals surface area contributed by atoms with Crippen molar-refractivity contribution in [1.82, 2.24) is 0 Å². The largest absolute Gasteiger partial charge is 0.528 e. The molecule has 0 saturated carbocycles. The van der Waals surface area contributed by atoms with E-state index in [1.54, 1.807) is 0 Å². The second-order valence-corrected chi connectivity index (χ2v) is 6.93. The van der Waals surface area contributed by atoms with Crippen molar-refractivity contribution in [3.63, 3.8) is 0 Å². The van der Waals surface area contributed by atoms with Crippen molar-refractivity contribution < 1.29 is 57.9 Å². The standard InChI is InChI=1S/C20H10F2.C2O4.2CH2O3/c21-16-10-12-6-3-8-14-13-7-1-4-11-5-2-9-15(17(11)13)19(18(12)14)20(16)22;3-1-5-2(4)6-1;2*2-1(3)4/h1-10H;;2*(H2,2,3,4). The molecule has 5 aromatic carbocycles. The lowest BCUT2D eigenvalue weighted by Crippen LogP contribution is -2.27. The average Bonchev–Trinajstić information content (AvgIpc) is 2.78. The first kappa shape index (κ1) is 25.4. The number of fused-ring (bicyclic) bond motifs is 2. The van der Waals surface area contributed by atoms with Crippen LogP contribution < -0.4 is 0 Å². The van der Waals surface area contributed by atoms with Crippen LogP contribution in [0.1, 0.15) is 0 Å². The average molecular weight is 500 g/mol. The minimum absolute atomic E-state index is 0.384. The third kappa shape index (κ3) is 5.28. The SMILES string of the molecule is Fc1cc2cccc3c4cccc5cccc(c(c1F)c23)c54.O=C(O)O.O=C(O)O.O=C1OC(=O)O1. The Morgan fingerprint density at radius 3 is 1.47 bits per heavy atom. The summed E-state index contributed by atoms with van der Waals surface area (Å²) in [6.07, 6.45) is -5.50. The first-order valence-electron chi connectivity index (χ1n) is 9.71. The minimum atomic E-state index is -1.83. The van der Waals surface area contributed by atoms with Crippen molar-refractivity contribution in [2.24, 2.45) is 0 Å². The van der Waals surface area contributed by atoms with E-state index in [0.29, 0.717) is 5.39 Å². The van der Waals surface area contributed by atoms with Crippen LogP contribution in [0.4, 0.5) is 28.0 Å². The van der Waals surface area contributed by atoms with E-state index in [2.05, 4.69) is 9.47 Å². The Balaban J connectivity index is 0.000000213. The first-order valence-corrected chi connectivity index (χ1v) is 9.71. The second-order valence-electron chi connectivity index (χ2n) is 6.93. The van der Waals surface area contributed by atoms with E-state index in [0.717, 1.165) is 37.7 Å². The number of ether oxygens (including phenoxy) is 2. The molecule has 4 N–H and O–H groups in total. The molecule has 5 aromatic rings. The van der Waals surface area contributed by atoms with Crippen LogP contribution in [0.3, 0.4) is 0 Å². The Kier molecular flexibility index (Phi) is 7.29. The van der Waals surface area contributed by atoms with E-state index < -0.39 is 36.3 Å². The summed E-state index contributed by atoms with van der Waals surface area (Å²) in [5.74, 6) is -1.56. The molecule has 1 aliphatic heterocycles. The predicted octanol–water partition coefficient (Wildman–Crippen LogP) is 6.73. The summed E-state index contributed by atoms with van der Waals surface area (Å²) in [5.41, 5.74) is 0. The number of cyclic esters (lactones) is 4. The van der Waals surface area contributed by atoms with Crippen LogP contribution in [0.15, 0.2) is 60.7 Å². The quantitative estimate of drug-likeness (QED) is 0.0774. The molecule has 1 saturated heterocycles. The molecule has 0 radical (unpaired) electrons. The van der Waals surface area contributed by atoms with Gasteiger partial charge in [0.05, 0.1) is 0 Å². The molecule has 0 atom stereocenters. The molecule has 0 spiro atoms. The van der Waals surface area contributed by atoms with Crippen LogP contribution in [-0.2, 0) is 9.47 Å². The summed E-state index contributed by atoms with van der Waals surface area (Å²) in [6, 6.07) is 18.8. The summed E-state index contributed by atoms with van der Waals surface area (Å²) >= 11 is 0. The van der Waals surface area contributed by atoms with Crippen LogP contribution in [0, 0.1) is 11.6 Å². The van der Waals surface area contributed by atoms with Gasteiger partial charge in [-0.2, -0.15) is 0 Å². The van der Waals surface area contributed by atoms with E-state index in [1.165, 1.54) is 6.07 Å². The minimum Gasteiger partial charge on any atom is -0.450 e. The van der Waals surface area contributed by atoms with Gasteiger partial charge in [0.2, 0.25) is 0 Å². The van der Waals surface area contributed by atoms with Gasteiger partial charge in [-0.3, -0.25) is 0 Å². The Morgan fingerprint density at radius 1 is 0.611 bits per heavy atom. The zero-order chi connectivity index (χ0) is 26.6. The summed E-state index contributed by atoms with van der Waals surface area (Å²) < 4.78 is 35.9. The lowest BCUT2D eigenvalue weighted by atomic mass is 9.89. The highest BCUT2D eigenvalue weighted by atomic mass is 19.2. The Labute approximate surface area is 198 Å². The van der Waals surface area contributed by atoms with Gasteiger partial charge < -0.3 is 29.9 Å². The molecule has 1 aliphatic rings. The highest BCUT2D eigenvalue weighted by molar-refractivity contribution is 6.32. The number of carboxylic acid groups (broad SMARTS) is 4. The number of halogens is 2. The highest BCUT2D eigenvalue weighted by Gasteiger charge is 2.27. The summed E-state index contributed by atoms with van der Waals surface area (Å²) in [5, 5.41) is 34.7. The van der Waals surface area contributed by atoms with E-state index in [1.807, 2.05) is 54.6 Å². The first-order chi connectivity index (χ1) is 17.0. The maximum atomic E-state index is 14.6. The topological polar surface area (TPSA) is 168 Å². The number of rotatable bonds is 0. The molecule has 0 aliphatic carbocycles. The van der Waals surface area contributed by atoms with E-state index >= 15 is 0 Å². The van der Waals surface area contributed by atoms with Crippen molar-refractivity contribution in [2.75, 3.05) is 0 Å². The highest BCUT2D eigenvalue weighted by Crippen LogP contribution is 2.41. The monoisotopic (exact) mass is 500 g/mol. The zero-order valence-corrected chi connectivity index (χ0v) is 17.8. The number of carbonyl (C=O) groups excluding carboxylic acids is 2. The maximum absolute atomic E-state index is 14.6. The molecule has 12 heteroatoms. The van der Waals surface area contributed by atoms with E-state index in [4.69, 9.17) is 30.0 Å². The molecule has 36 heavy (non-hydrogen) atoms. The lowest BCUT2D eigenvalue weighted by Gasteiger charge is -2.14. The van der Waals surface area contributed by atoms with Gasteiger partial charge in [-0.25, -0.2) is 28.0 Å². The van der Waals surface area contributed by atoms with Crippen LogP contribution in [0.2, 0.25) is 0 Å². The number of hydrogen-bond donors (Lipinski definition) is 4. The van der Waals surface area contributed by atoms with E-state index in [-0.39, 0.29) is 0 Å². The third-order valence-corrected chi connectivity index (χ3v) is 4.86. The van der Waals surface area contributed by atoms with Crippen LogP contribution in [0.25, 0.3) is 43.1 Å². The molecule has 0 unspecified atom stereocenters. The second kappa shape index (κ2) is 10.3.